The first-order valence-corrected chi connectivity index (χ1v) is 5.22. The van der Waals surface area contributed by atoms with Crippen molar-refractivity contribution in [3.05, 3.63) is 29.3 Å². The average Bonchev–Trinajstić information content (AvgIpc) is 3.02. The molecule has 1 aromatic carbocycles. The third-order valence-corrected chi connectivity index (χ3v) is 2.75. The highest BCUT2D eigenvalue weighted by Gasteiger charge is 2.26. The molecule has 0 atom stereocenters. The van der Waals surface area contributed by atoms with E-state index in [1.54, 1.807) is 7.11 Å². The van der Waals surface area contributed by atoms with Crippen LogP contribution in [0.15, 0.2) is 18.2 Å². The Labute approximate surface area is 85.1 Å². The Morgan fingerprint density at radius 1 is 1.43 bits per heavy atom. The maximum atomic E-state index is 5.52. The third-order valence-electron chi connectivity index (χ3n) is 2.75. The van der Waals surface area contributed by atoms with E-state index in [0.29, 0.717) is 6.54 Å². The van der Waals surface area contributed by atoms with E-state index < -0.39 is 0 Å². The number of methoxy groups -OCH3 is 1. The molecule has 0 amide bonds. The third kappa shape index (κ3) is 1.90. The number of hydrogen-bond donors (Lipinski definition) is 1. The van der Waals surface area contributed by atoms with E-state index in [9.17, 15) is 0 Å². The Kier molecular flexibility index (Phi) is 2.73. The van der Waals surface area contributed by atoms with Crippen LogP contribution in [0.2, 0.25) is 0 Å². The number of benzene rings is 1. The highest BCUT2D eigenvalue weighted by molar-refractivity contribution is 5.41. The molecule has 0 heterocycles. The van der Waals surface area contributed by atoms with Gasteiger partial charge in [0.25, 0.3) is 0 Å². The standard InChI is InChI=1S/C12H17NO/c1-14-12-8-9(6-7-13)2-5-11(12)10-3-4-10/h2,5,8,10H,3-4,6-7,13H2,1H3. The lowest BCUT2D eigenvalue weighted by molar-refractivity contribution is 0.409. The summed E-state index contributed by atoms with van der Waals surface area (Å²) in [6, 6.07) is 6.49. The van der Waals surface area contributed by atoms with Gasteiger partial charge in [-0.05, 0) is 48.9 Å². The summed E-state index contributed by atoms with van der Waals surface area (Å²) in [5.41, 5.74) is 8.16. The van der Waals surface area contributed by atoms with E-state index in [2.05, 4.69) is 18.2 Å². The fraction of sp³-hybridized carbons (Fsp3) is 0.500. The molecule has 0 aliphatic heterocycles. The van der Waals surface area contributed by atoms with Crippen LogP contribution in [0.4, 0.5) is 0 Å². The summed E-state index contributed by atoms with van der Waals surface area (Å²) in [4.78, 5) is 0. The molecule has 2 N–H and O–H groups in total. The first kappa shape index (κ1) is 9.53. The second-order valence-corrected chi connectivity index (χ2v) is 3.89. The SMILES string of the molecule is COc1cc(CCN)ccc1C1CC1. The van der Waals surface area contributed by atoms with Crippen LogP contribution in [0.25, 0.3) is 0 Å². The van der Waals surface area contributed by atoms with Crippen LogP contribution < -0.4 is 10.5 Å². The highest BCUT2D eigenvalue weighted by atomic mass is 16.5. The highest BCUT2D eigenvalue weighted by Crippen LogP contribution is 2.44. The number of ether oxygens (including phenoxy) is 1. The van der Waals surface area contributed by atoms with Gasteiger partial charge in [0.1, 0.15) is 5.75 Å². The minimum atomic E-state index is 0.700. The number of rotatable bonds is 4. The topological polar surface area (TPSA) is 35.2 Å². The number of hydrogen-bond acceptors (Lipinski definition) is 2. The Bertz CT molecular complexity index is 318. The molecule has 14 heavy (non-hydrogen) atoms. The summed E-state index contributed by atoms with van der Waals surface area (Å²) in [6.07, 6.45) is 3.56. The lowest BCUT2D eigenvalue weighted by Crippen LogP contribution is -2.03. The Balaban J connectivity index is 2.24. The molecule has 2 nitrogen and oxygen atoms in total. The molecule has 2 heteroatoms. The molecule has 1 fully saturated rings. The van der Waals surface area contributed by atoms with Gasteiger partial charge in [0.2, 0.25) is 0 Å². The molecule has 0 radical (unpaired) electrons. The van der Waals surface area contributed by atoms with Gasteiger partial charge in [0.15, 0.2) is 0 Å². The van der Waals surface area contributed by atoms with Gasteiger partial charge >= 0.3 is 0 Å². The van der Waals surface area contributed by atoms with E-state index in [1.165, 1.54) is 24.0 Å². The van der Waals surface area contributed by atoms with E-state index in [4.69, 9.17) is 10.5 Å². The average molecular weight is 191 g/mol. The van der Waals surface area contributed by atoms with Crippen LogP contribution in [-0.4, -0.2) is 13.7 Å². The quantitative estimate of drug-likeness (QED) is 0.790. The van der Waals surface area contributed by atoms with Gasteiger partial charge in [-0.2, -0.15) is 0 Å². The summed E-state index contributed by atoms with van der Waals surface area (Å²) < 4.78 is 5.39. The molecule has 0 aromatic heterocycles. The van der Waals surface area contributed by atoms with Crippen molar-refractivity contribution in [3.8, 4) is 5.75 Å². The van der Waals surface area contributed by atoms with Crippen LogP contribution in [0.5, 0.6) is 5.75 Å². The van der Waals surface area contributed by atoms with Crippen LogP contribution in [0.1, 0.15) is 29.9 Å². The first-order chi connectivity index (χ1) is 6.85. The van der Waals surface area contributed by atoms with Gasteiger partial charge in [0.05, 0.1) is 7.11 Å². The summed E-state index contributed by atoms with van der Waals surface area (Å²) in [5, 5.41) is 0. The fourth-order valence-electron chi connectivity index (χ4n) is 1.81. The van der Waals surface area contributed by atoms with Gasteiger partial charge < -0.3 is 10.5 Å². The fourth-order valence-corrected chi connectivity index (χ4v) is 1.81. The van der Waals surface area contributed by atoms with Gasteiger partial charge in [-0.15, -0.1) is 0 Å². The summed E-state index contributed by atoms with van der Waals surface area (Å²) >= 11 is 0. The summed E-state index contributed by atoms with van der Waals surface area (Å²) in [7, 11) is 1.74. The maximum absolute atomic E-state index is 5.52. The summed E-state index contributed by atoms with van der Waals surface area (Å²) in [5.74, 6) is 1.79. The Morgan fingerprint density at radius 2 is 2.21 bits per heavy atom. The van der Waals surface area contributed by atoms with E-state index in [-0.39, 0.29) is 0 Å². The van der Waals surface area contributed by atoms with Crippen LogP contribution in [-0.2, 0) is 6.42 Å². The molecule has 76 valence electrons. The molecule has 1 saturated carbocycles. The van der Waals surface area contributed by atoms with Crippen molar-refractivity contribution in [2.75, 3.05) is 13.7 Å². The Morgan fingerprint density at radius 3 is 2.79 bits per heavy atom. The molecule has 1 aliphatic carbocycles. The molecule has 1 aromatic rings. The lowest BCUT2D eigenvalue weighted by atomic mass is 10.0. The second kappa shape index (κ2) is 4.01. The molecule has 0 spiro atoms. The zero-order valence-corrected chi connectivity index (χ0v) is 8.62. The normalized spacial score (nSPS) is 15.6. The molecule has 2 rings (SSSR count). The van der Waals surface area contributed by atoms with E-state index in [1.807, 2.05) is 0 Å². The van der Waals surface area contributed by atoms with Crippen molar-refractivity contribution in [2.45, 2.75) is 25.2 Å². The minimum Gasteiger partial charge on any atom is -0.496 e. The summed E-state index contributed by atoms with van der Waals surface area (Å²) in [6.45, 7) is 0.700. The van der Waals surface area contributed by atoms with Crippen molar-refractivity contribution >= 4 is 0 Å². The van der Waals surface area contributed by atoms with Crippen LogP contribution >= 0.6 is 0 Å². The smallest absolute Gasteiger partial charge is 0.122 e. The largest absolute Gasteiger partial charge is 0.496 e. The first-order valence-electron chi connectivity index (χ1n) is 5.22. The lowest BCUT2D eigenvalue weighted by Gasteiger charge is -2.09. The second-order valence-electron chi connectivity index (χ2n) is 3.89. The monoisotopic (exact) mass is 191 g/mol. The van der Waals surface area contributed by atoms with Gasteiger partial charge in [-0.1, -0.05) is 12.1 Å². The molecule has 1 aliphatic rings. The van der Waals surface area contributed by atoms with Crippen molar-refractivity contribution in [1.29, 1.82) is 0 Å². The van der Waals surface area contributed by atoms with Gasteiger partial charge in [0, 0.05) is 0 Å². The van der Waals surface area contributed by atoms with E-state index in [0.717, 1.165) is 18.1 Å². The van der Waals surface area contributed by atoms with Crippen LogP contribution in [0.3, 0.4) is 0 Å². The zero-order valence-electron chi connectivity index (χ0n) is 8.62. The Hall–Kier alpha value is -1.02. The molecular weight excluding hydrogens is 174 g/mol. The van der Waals surface area contributed by atoms with Crippen molar-refractivity contribution in [3.63, 3.8) is 0 Å². The van der Waals surface area contributed by atoms with Crippen molar-refractivity contribution in [1.82, 2.24) is 0 Å². The van der Waals surface area contributed by atoms with Gasteiger partial charge in [-0.3, -0.25) is 0 Å². The van der Waals surface area contributed by atoms with E-state index >= 15 is 0 Å². The van der Waals surface area contributed by atoms with Crippen molar-refractivity contribution in [2.24, 2.45) is 5.73 Å². The number of nitrogens with two attached hydrogens (primary N) is 1. The molecule has 0 saturated heterocycles. The van der Waals surface area contributed by atoms with Gasteiger partial charge in [-0.25, -0.2) is 0 Å². The predicted molar refractivity (Wildman–Crippen MR) is 57.7 cm³/mol. The predicted octanol–water partition coefficient (Wildman–Crippen LogP) is 2.07. The maximum Gasteiger partial charge on any atom is 0.122 e. The van der Waals surface area contributed by atoms with Crippen molar-refractivity contribution < 1.29 is 4.74 Å². The zero-order chi connectivity index (χ0) is 9.97. The molecular formula is C12H17NO. The van der Waals surface area contributed by atoms with Crippen LogP contribution in [0, 0.1) is 0 Å². The minimum absolute atomic E-state index is 0.700. The molecule has 0 unspecified atom stereocenters. The molecule has 0 bridgehead atoms.